The highest BCUT2D eigenvalue weighted by atomic mass is 32.1. The second-order valence-corrected chi connectivity index (χ2v) is 4.75. The molecule has 0 aromatic carbocycles. The number of aryl methyl sites for hydroxylation is 2. The van der Waals surface area contributed by atoms with Gasteiger partial charge in [-0.1, -0.05) is 6.92 Å². The summed E-state index contributed by atoms with van der Waals surface area (Å²) in [5.74, 6) is 0. The fourth-order valence-corrected chi connectivity index (χ4v) is 1.62. The summed E-state index contributed by atoms with van der Waals surface area (Å²) in [6.45, 7) is 4.07. The summed E-state index contributed by atoms with van der Waals surface area (Å²) in [7, 11) is 0. The molecule has 2 nitrogen and oxygen atoms in total. The minimum absolute atomic E-state index is 0.458. The van der Waals surface area contributed by atoms with Crippen molar-refractivity contribution < 1.29 is 0 Å². The zero-order chi connectivity index (χ0) is 8.27. The van der Waals surface area contributed by atoms with Gasteiger partial charge in [0.05, 0.1) is 0 Å². The van der Waals surface area contributed by atoms with E-state index in [0.29, 0.717) is 5.25 Å². The summed E-state index contributed by atoms with van der Waals surface area (Å²) in [5, 5.41) is 10.6. The quantitative estimate of drug-likeness (QED) is 0.735. The number of nitrogens with zero attached hydrogens (tertiary/aromatic N) is 2. The normalized spacial score (nSPS) is 13.4. The molecule has 1 heterocycles. The van der Waals surface area contributed by atoms with Crippen LogP contribution in [0, 0.1) is 6.92 Å². The van der Waals surface area contributed by atoms with Gasteiger partial charge in [-0.15, -0.1) is 21.5 Å². The molecule has 1 unspecified atom stereocenters. The molecule has 0 spiro atoms. The Kier molecular flexibility index (Phi) is 3.33. The van der Waals surface area contributed by atoms with Gasteiger partial charge in [-0.2, -0.15) is 12.6 Å². The minimum Gasteiger partial charge on any atom is -0.176 e. The van der Waals surface area contributed by atoms with Crippen LogP contribution in [0.5, 0.6) is 0 Å². The van der Waals surface area contributed by atoms with Gasteiger partial charge in [0.25, 0.3) is 0 Å². The number of thiol groups is 1. The van der Waals surface area contributed by atoms with E-state index in [1.807, 2.05) is 6.92 Å². The van der Waals surface area contributed by atoms with Crippen molar-refractivity contribution in [3.63, 3.8) is 0 Å². The second kappa shape index (κ2) is 4.07. The Morgan fingerprint density at radius 3 is 2.73 bits per heavy atom. The molecule has 0 aliphatic heterocycles. The molecule has 62 valence electrons. The van der Waals surface area contributed by atoms with Crippen LogP contribution >= 0.6 is 24.0 Å². The standard InChI is InChI=1S/C7H12N2S2/c1-5(10)3-4-7-9-8-6(2)11-7/h5,10H,3-4H2,1-2H3. The summed E-state index contributed by atoms with van der Waals surface area (Å²) in [5.41, 5.74) is 0. The van der Waals surface area contributed by atoms with Crippen LogP contribution in [0.4, 0.5) is 0 Å². The van der Waals surface area contributed by atoms with Crippen molar-refractivity contribution >= 4 is 24.0 Å². The molecule has 1 aromatic rings. The predicted molar refractivity (Wildman–Crippen MR) is 51.4 cm³/mol. The molecular weight excluding hydrogens is 176 g/mol. The summed E-state index contributed by atoms with van der Waals surface area (Å²) in [6.07, 6.45) is 2.09. The Labute approximate surface area is 76.5 Å². The van der Waals surface area contributed by atoms with E-state index in [1.165, 1.54) is 0 Å². The Morgan fingerprint density at radius 1 is 1.55 bits per heavy atom. The van der Waals surface area contributed by atoms with Crippen molar-refractivity contribution in [2.24, 2.45) is 0 Å². The third-order valence-electron chi connectivity index (χ3n) is 1.34. The molecule has 4 heteroatoms. The van der Waals surface area contributed by atoms with Crippen LogP contribution < -0.4 is 0 Å². The summed E-state index contributed by atoms with van der Waals surface area (Å²) < 4.78 is 0. The lowest BCUT2D eigenvalue weighted by molar-refractivity contribution is 0.796. The van der Waals surface area contributed by atoms with E-state index in [-0.39, 0.29) is 0 Å². The average molecular weight is 188 g/mol. The summed E-state index contributed by atoms with van der Waals surface area (Å²) in [6, 6.07) is 0. The van der Waals surface area contributed by atoms with Crippen molar-refractivity contribution in [1.82, 2.24) is 10.2 Å². The maximum atomic E-state index is 4.29. The van der Waals surface area contributed by atoms with Crippen LogP contribution in [0.1, 0.15) is 23.4 Å². The maximum absolute atomic E-state index is 4.29. The molecule has 1 atom stereocenters. The zero-order valence-corrected chi connectivity index (χ0v) is 8.45. The Hall–Kier alpha value is -0.0900. The van der Waals surface area contributed by atoms with Gasteiger partial charge in [0.2, 0.25) is 0 Å². The molecule has 0 amide bonds. The smallest absolute Gasteiger partial charge is 0.117 e. The van der Waals surface area contributed by atoms with E-state index in [1.54, 1.807) is 11.3 Å². The molecule has 1 aromatic heterocycles. The van der Waals surface area contributed by atoms with Crippen LogP contribution in [0.3, 0.4) is 0 Å². The molecule has 0 bridgehead atoms. The molecule has 0 saturated heterocycles. The monoisotopic (exact) mass is 188 g/mol. The zero-order valence-electron chi connectivity index (χ0n) is 6.74. The first-order valence-electron chi connectivity index (χ1n) is 3.65. The largest absolute Gasteiger partial charge is 0.176 e. The van der Waals surface area contributed by atoms with E-state index in [9.17, 15) is 0 Å². The lowest BCUT2D eigenvalue weighted by atomic mass is 10.2. The van der Waals surface area contributed by atoms with Crippen molar-refractivity contribution in [2.75, 3.05) is 0 Å². The summed E-state index contributed by atoms with van der Waals surface area (Å²) >= 11 is 5.97. The van der Waals surface area contributed by atoms with Gasteiger partial charge in [-0.3, -0.25) is 0 Å². The molecule has 0 aliphatic rings. The van der Waals surface area contributed by atoms with E-state index in [0.717, 1.165) is 22.9 Å². The Balaban J connectivity index is 2.39. The van der Waals surface area contributed by atoms with E-state index >= 15 is 0 Å². The van der Waals surface area contributed by atoms with Crippen LogP contribution in [0.15, 0.2) is 0 Å². The first-order chi connectivity index (χ1) is 5.18. The van der Waals surface area contributed by atoms with Crippen molar-refractivity contribution in [2.45, 2.75) is 31.9 Å². The third kappa shape index (κ3) is 3.20. The van der Waals surface area contributed by atoms with Gasteiger partial charge in [-0.05, 0) is 18.6 Å². The van der Waals surface area contributed by atoms with Gasteiger partial charge in [-0.25, -0.2) is 0 Å². The van der Waals surface area contributed by atoms with Crippen LogP contribution in [0.25, 0.3) is 0 Å². The molecule has 0 aliphatic carbocycles. The Morgan fingerprint density at radius 2 is 2.27 bits per heavy atom. The van der Waals surface area contributed by atoms with Crippen LogP contribution in [0.2, 0.25) is 0 Å². The van der Waals surface area contributed by atoms with Crippen molar-refractivity contribution in [3.8, 4) is 0 Å². The predicted octanol–water partition coefficient (Wildman–Crippen LogP) is 2.10. The van der Waals surface area contributed by atoms with Crippen molar-refractivity contribution in [1.29, 1.82) is 0 Å². The van der Waals surface area contributed by atoms with E-state index in [4.69, 9.17) is 0 Å². The number of hydrogen-bond donors (Lipinski definition) is 1. The van der Waals surface area contributed by atoms with Crippen molar-refractivity contribution in [3.05, 3.63) is 10.0 Å². The molecule has 0 fully saturated rings. The Bertz CT molecular complexity index is 220. The highest BCUT2D eigenvalue weighted by Crippen LogP contribution is 2.12. The maximum Gasteiger partial charge on any atom is 0.117 e. The van der Waals surface area contributed by atoms with Crippen LogP contribution in [-0.4, -0.2) is 15.4 Å². The van der Waals surface area contributed by atoms with Gasteiger partial charge in [0.15, 0.2) is 0 Å². The highest BCUT2D eigenvalue weighted by molar-refractivity contribution is 7.80. The lowest BCUT2D eigenvalue weighted by Gasteiger charge is -1.98. The van der Waals surface area contributed by atoms with Gasteiger partial charge in [0.1, 0.15) is 10.0 Å². The van der Waals surface area contributed by atoms with Crippen LogP contribution in [-0.2, 0) is 6.42 Å². The molecule has 0 saturated carbocycles. The first kappa shape index (κ1) is 9.00. The number of rotatable bonds is 3. The van der Waals surface area contributed by atoms with Gasteiger partial charge < -0.3 is 0 Å². The summed E-state index contributed by atoms with van der Waals surface area (Å²) in [4.78, 5) is 0. The second-order valence-electron chi connectivity index (χ2n) is 2.60. The molecular formula is C7H12N2S2. The average Bonchev–Trinajstić information content (AvgIpc) is 2.31. The van der Waals surface area contributed by atoms with E-state index in [2.05, 4.69) is 29.7 Å². The molecule has 11 heavy (non-hydrogen) atoms. The van der Waals surface area contributed by atoms with Gasteiger partial charge in [0, 0.05) is 6.42 Å². The first-order valence-corrected chi connectivity index (χ1v) is 4.99. The topological polar surface area (TPSA) is 25.8 Å². The minimum atomic E-state index is 0.458. The third-order valence-corrected chi connectivity index (χ3v) is 2.50. The fraction of sp³-hybridized carbons (Fsp3) is 0.714. The van der Waals surface area contributed by atoms with Gasteiger partial charge >= 0.3 is 0 Å². The molecule has 0 N–H and O–H groups in total. The molecule has 1 rings (SSSR count). The molecule has 0 radical (unpaired) electrons. The fourth-order valence-electron chi connectivity index (χ4n) is 0.771. The number of aromatic nitrogens is 2. The number of hydrogen-bond acceptors (Lipinski definition) is 4. The van der Waals surface area contributed by atoms with E-state index < -0.39 is 0 Å². The lowest BCUT2D eigenvalue weighted by Crippen LogP contribution is -1.93. The SMILES string of the molecule is Cc1nnc(CCC(C)S)s1. The highest BCUT2D eigenvalue weighted by Gasteiger charge is 2.01.